The van der Waals surface area contributed by atoms with Gasteiger partial charge in [-0.25, -0.2) is 0 Å². The van der Waals surface area contributed by atoms with Crippen LogP contribution in [0.25, 0.3) is 0 Å². The molecule has 1 aliphatic rings. The molecule has 1 unspecified atom stereocenters. The number of hydrogen-bond donors (Lipinski definition) is 2. The number of amides is 3. The van der Waals surface area contributed by atoms with Crippen LogP contribution in [-0.4, -0.2) is 61.2 Å². The van der Waals surface area contributed by atoms with E-state index in [0.29, 0.717) is 4.90 Å². The fourth-order valence-corrected chi connectivity index (χ4v) is 1.89. The summed E-state index contributed by atoms with van der Waals surface area (Å²) in [5.74, 6) is -3.92. The SMILES string of the molecule is O=C(CNC(=O)C1CC(=O)N(CC(F)(F)F)C1)NCC(F)(F)F. The van der Waals surface area contributed by atoms with Crippen LogP contribution in [0.2, 0.25) is 0 Å². The van der Waals surface area contributed by atoms with Crippen molar-refractivity contribution in [1.82, 2.24) is 15.5 Å². The third-order valence-electron chi connectivity index (χ3n) is 2.86. The molecule has 0 saturated carbocycles. The predicted molar refractivity (Wildman–Crippen MR) is 62.8 cm³/mol. The minimum atomic E-state index is -4.60. The molecular weight excluding hydrogens is 336 g/mol. The highest BCUT2D eigenvalue weighted by Crippen LogP contribution is 2.23. The zero-order chi connectivity index (χ0) is 17.8. The predicted octanol–water partition coefficient (Wildman–Crippen LogP) is 0.192. The highest BCUT2D eigenvalue weighted by molar-refractivity contribution is 5.91. The molecule has 0 bridgehead atoms. The van der Waals surface area contributed by atoms with Gasteiger partial charge in [-0.05, 0) is 0 Å². The maximum absolute atomic E-state index is 12.2. The molecule has 0 aliphatic carbocycles. The second-order valence-electron chi connectivity index (χ2n) is 4.90. The van der Waals surface area contributed by atoms with Gasteiger partial charge >= 0.3 is 12.4 Å². The van der Waals surface area contributed by atoms with E-state index in [-0.39, 0.29) is 0 Å². The Labute approximate surface area is 126 Å². The average molecular weight is 349 g/mol. The van der Waals surface area contributed by atoms with E-state index < -0.39 is 68.6 Å². The number of likely N-dealkylation sites (tertiary alicyclic amines) is 1. The van der Waals surface area contributed by atoms with Crippen molar-refractivity contribution in [3.8, 4) is 0 Å². The van der Waals surface area contributed by atoms with Gasteiger partial charge in [-0.1, -0.05) is 0 Å². The summed E-state index contributed by atoms with van der Waals surface area (Å²) in [7, 11) is 0. The summed E-state index contributed by atoms with van der Waals surface area (Å²) in [6.45, 7) is -4.28. The number of alkyl halides is 6. The molecule has 3 amide bonds. The number of halogens is 6. The summed E-state index contributed by atoms with van der Waals surface area (Å²) in [5.41, 5.74) is 0. The Morgan fingerprint density at radius 2 is 1.70 bits per heavy atom. The molecule has 1 fully saturated rings. The van der Waals surface area contributed by atoms with E-state index in [2.05, 4.69) is 0 Å². The first-order valence-corrected chi connectivity index (χ1v) is 6.33. The van der Waals surface area contributed by atoms with Crippen molar-refractivity contribution in [2.45, 2.75) is 18.8 Å². The van der Waals surface area contributed by atoms with E-state index >= 15 is 0 Å². The zero-order valence-electron chi connectivity index (χ0n) is 11.6. The molecule has 0 aromatic carbocycles. The zero-order valence-corrected chi connectivity index (χ0v) is 11.6. The van der Waals surface area contributed by atoms with Gasteiger partial charge in [-0.2, -0.15) is 26.3 Å². The Balaban J connectivity index is 2.39. The van der Waals surface area contributed by atoms with Crippen molar-refractivity contribution in [2.24, 2.45) is 5.92 Å². The van der Waals surface area contributed by atoms with Crippen LogP contribution < -0.4 is 10.6 Å². The maximum atomic E-state index is 12.2. The number of carbonyl (C=O) groups is 3. The van der Waals surface area contributed by atoms with Crippen molar-refractivity contribution in [3.05, 3.63) is 0 Å². The largest absolute Gasteiger partial charge is 0.406 e. The van der Waals surface area contributed by atoms with Gasteiger partial charge in [0, 0.05) is 13.0 Å². The minimum absolute atomic E-state index is 0.452. The highest BCUT2D eigenvalue weighted by Gasteiger charge is 2.40. The lowest BCUT2D eigenvalue weighted by molar-refractivity contribution is -0.157. The fourth-order valence-electron chi connectivity index (χ4n) is 1.89. The van der Waals surface area contributed by atoms with Crippen LogP contribution in [0.1, 0.15) is 6.42 Å². The molecule has 12 heteroatoms. The van der Waals surface area contributed by atoms with E-state index in [4.69, 9.17) is 0 Å². The standard InChI is InChI=1S/C11H13F6N3O3/c12-10(13,14)4-19-7(21)2-18-9(23)6-1-8(22)20(3-6)5-11(15,16)17/h6H,1-5H2,(H,18,23)(H,19,21). The normalized spacial score (nSPS) is 19.0. The maximum Gasteiger partial charge on any atom is 0.406 e. The summed E-state index contributed by atoms with van der Waals surface area (Å²) in [4.78, 5) is 34.5. The molecule has 1 rings (SSSR count). The van der Waals surface area contributed by atoms with Gasteiger partial charge in [0.1, 0.15) is 13.1 Å². The van der Waals surface area contributed by atoms with Crippen molar-refractivity contribution in [1.29, 1.82) is 0 Å². The summed E-state index contributed by atoms with van der Waals surface area (Å²) < 4.78 is 72.1. The van der Waals surface area contributed by atoms with E-state index in [1.807, 2.05) is 5.32 Å². The molecule has 0 spiro atoms. The Hall–Kier alpha value is -2.01. The summed E-state index contributed by atoms with van der Waals surface area (Å²) >= 11 is 0. The summed E-state index contributed by atoms with van der Waals surface area (Å²) in [5, 5.41) is 3.50. The van der Waals surface area contributed by atoms with Crippen LogP contribution >= 0.6 is 0 Å². The first-order chi connectivity index (χ1) is 10.4. The number of rotatable bonds is 5. The van der Waals surface area contributed by atoms with Crippen molar-refractivity contribution < 1.29 is 40.7 Å². The summed E-state index contributed by atoms with van der Waals surface area (Å²) in [6, 6.07) is 0. The number of nitrogens with zero attached hydrogens (tertiary/aromatic N) is 1. The third kappa shape index (κ3) is 7.19. The van der Waals surface area contributed by atoms with E-state index in [0.717, 1.165) is 0 Å². The van der Waals surface area contributed by atoms with E-state index in [1.165, 1.54) is 5.32 Å². The molecule has 1 atom stereocenters. The van der Waals surface area contributed by atoms with Crippen LogP contribution in [0.3, 0.4) is 0 Å². The Bertz CT molecular complexity index is 477. The van der Waals surface area contributed by atoms with Crippen LogP contribution in [-0.2, 0) is 14.4 Å². The number of nitrogens with one attached hydrogen (secondary N) is 2. The smallest absolute Gasteiger partial charge is 0.347 e. The molecule has 2 N–H and O–H groups in total. The molecule has 23 heavy (non-hydrogen) atoms. The fraction of sp³-hybridized carbons (Fsp3) is 0.727. The van der Waals surface area contributed by atoms with Crippen molar-refractivity contribution >= 4 is 17.7 Å². The van der Waals surface area contributed by atoms with E-state index in [1.54, 1.807) is 0 Å². The molecule has 0 aromatic rings. The first-order valence-electron chi connectivity index (χ1n) is 6.33. The molecule has 132 valence electrons. The van der Waals surface area contributed by atoms with Crippen LogP contribution in [0, 0.1) is 5.92 Å². The van der Waals surface area contributed by atoms with Gasteiger partial charge < -0.3 is 15.5 Å². The van der Waals surface area contributed by atoms with Crippen LogP contribution in [0.4, 0.5) is 26.3 Å². The van der Waals surface area contributed by atoms with Gasteiger partial charge in [0.25, 0.3) is 0 Å². The van der Waals surface area contributed by atoms with Gasteiger partial charge in [0.05, 0.1) is 12.5 Å². The molecular formula is C11H13F6N3O3. The highest BCUT2D eigenvalue weighted by atomic mass is 19.4. The third-order valence-corrected chi connectivity index (χ3v) is 2.86. The van der Waals surface area contributed by atoms with Crippen molar-refractivity contribution in [2.75, 3.05) is 26.2 Å². The van der Waals surface area contributed by atoms with Crippen molar-refractivity contribution in [3.63, 3.8) is 0 Å². The Morgan fingerprint density at radius 3 is 2.22 bits per heavy atom. The van der Waals surface area contributed by atoms with Gasteiger partial charge in [-0.3, -0.25) is 14.4 Å². The van der Waals surface area contributed by atoms with Gasteiger partial charge in [-0.15, -0.1) is 0 Å². The molecule has 1 heterocycles. The molecule has 6 nitrogen and oxygen atoms in total. The second kappa shape index (κ2) is 7.04. The lowest BCUT2D eigenvalue weighted by atomic mass is 10.1. The molecule has 1 saturated heterocycles. The second-order valence-corrected chi connectivity index (χ2v) is 4.90. The van der Waals surface area contributed by atoms with Gasteiger partial charge in [0.15, 0.2) is 0 Å². The minimum Gasteiger partial charge on any atom is -0.347 e. The van der Waals surface area contributed by atoms with E-state index in [9.17, 15) is 40.7 Å². The summed E-state index contributed by atoms with van der Waals surface area (Å²) in [6.07, 6.45) is -9.65. The lowest BCUT2D eigenvalue weighted by Crippen LogP contribution is -2.43. The van der Waals surface area contributed by atoms with Gasteiger partial charge in [0.2, 0.25) is 17.7 Å². The van der Waals surface area contributed by atoms with Crippen LogP contribution in [0.5, 0.6) is 0 Å². The topological polar surface area (TPSA) is 78.5 Å². The van der Waals surface area contributed by atoms with Crippen LogP contribution in [0.15, 0.2) is 0 Å². The number of carbonyl (C=O) groups excluding carboxylic acids is 3. The molecule has 1 aliphatic heterocycles. The lowest BCUT2D eigenvalue weighted by Gasteiger charge is -2.18. The first kappa shape index (κ1) is 19.0. The molecule has 0 radical (unpaired) electrons. The monoisotopic (exact) mass is 349 g/mol. The Kier molecular flexibility index (Phi) is 5.83. The quantitative estimate of drug-likeness (QED) is 0.696. The average Bonchev–Trinajstić information content (AvgIpc) is 2.72. The number of hydrogen-bond acceptors (Lipinski definition) is 3. The Morgan fingerprint density at radius 1 is 1.09 bits per heavy atom. The molecule has 0 aromatic heterocycles.